The Morgan fingerprint density at radius 1 is 0.600 bits per heavy atom. The molecule has 0 saturated heterocycles. The van der Waals surface area contributed by atoms with Crippen molar-refractivity contribution in [3.8, 4) is 0 Å². The third-order valence-electron chi connectivity index (χ3n) is 4.27. The highest BCUT2D eigenvalue weighted by Gasteiger charge is 2.16. The van der Waals surface area contributed by atoms with Crippen molar-refractivity contribution < 1.29 is 0 Å². The molecular formula is C23H34P2. The van der Waals surface area contributed by atoms with Gasteiger partial charge in [0, 0.05) is 0 Å². The average Bonchev–Trinajstić information content (AvgIpc) is 2.61. The molecule has 0 bridgehead atoms. The molecule has 0 aliphatic carbocycles. The minimum atomic E-state index is -0.00475. The summed E-state index contributed by atoms with van der Waals surface area (Å²) in [6, 6.07) is 22.5. The van der Waals surface area contributed by atoms with E-state index in [0.717, 1.165) is 11.8 Å². The van der Waals surface area contributed by atoms with Gasteiger partial charge in [0.2, 0.25) is 0 Å². The highest BCUT2D eigenvalue weighted by molar-refractivity contribution is 7.66. The van der Waals surface area contributed by atoms with E-state index in [9.17, 15) is 0 Å². The van der Waals surface area contributed by atoms with Gasteiger partial charge >= 0.3 is 0 Å². The minimum Gasteiger partial charge on any atom is -0.0750 e. The Bertz CT molecular complexity index is 524. The third kappa shape index (κ3) is 7.60. The Morgan fingerprint density at radius 2 is 0.960 bits per heavy atom. The summed E-state index contributed by atoms with van der Waals surface area (Å²) in [6.07, 6.45) is 6.89. The van der Waals surface area contributed by atoms with Gasteiger partial charge in [-0.05, 0) is 53.5 Å². The van der Waals surface area contributed by atoms with E-state index in [4.69, 9.17) is 0 Å². The molecule has 2 rings (SSSR count). The molecule has 0 fully saturated rings. The van der Waals surface area contributed by atoms with Gasteiger partial charge in [-0.2, -0.15) is 0 Å². The molecule has 25 heavy (non-hydrogen) atoms. The average molecular weight is 372 g/mol. The third-order valence-corrected chi connectivity index (χ3v) is 10.4. The topological polar surface area (TPSA) is 0 Å². The van der Waals surface area contributed by atoms with Gasteiger partial charge in [-0.15, -0.1) is 0 Å². The van der Waals surface area contributed by atoms with Gasteiger partial charge in [-0.3, -0.25) is 0 Å². The van der Waals surface area contributed by atoms with Crippen molar-refractivity contribution in [3.05, 3.63) is 60.7 Å². The first kappa shape index (κ1) is 20.6. The van der Waals surface area contributed by atoms with Crippen LogP contribution < -0.4 is 10.6 Å². The largest absolute Gasteiger partial charge is 0.0750 e. The van der Waals surface area contributed by atoms with E-state index >= 15 is 0 Å². The summed E-state index contributed by atoms with van der Waals surface area (Å²) >= 11 is 0. The molecule has 2 heteroatoms. The normalized spacial score (nSPS) is 14.0. The molecule has 2 aromatic carbocycles. The Morgan fingerprint density at radius 3 is 1.28 bits per heavy atom. The fourth-order valence-corrected chi connectivity index (χ4v) is 8.85. The van der Waals surface area contributed by atoms with Gasteiger partial charge in [-0.1, -0.05) is 104 Å². The van der Waals surface area contributed by atoms with Crippen LogP contribution in [0.4, 0.5) is 0 Å². The van der Waals surface area contributed by atoms with Gasteiger partial charge in [0.05, 0.1) is 0 Å². The molecule has 0 nitrogen and oxygen atoms in total. The van der Waals surface area contributed by atoms with Crippen molar-refractivity contribution in [1.29, 1.82) is 0 Å². The number of hydrogen-bond donors (Lipinski definition) is 0. The van der Waals surface area contributed by atoms with Gasteiger partial charge < -0.3 is 0 Å². The summed E-state index contributed by atoms with van der Waals surface area (Å²) in [4.78, 5) is 0. The lowest BCUT2D eigenvalue weighted by Gasteiger charge is -2.24. The molecule has 2 aromatic rings. The van der Waals surface area contributed by atoms with Crippen molar-refractivity contribution in [2.45, 2.75) is 34.1 Å². The van der Waals surface area contributed by atoms with E-state index in [0.29, 0.717) is 0 Å². The van der Waals surface area contributed by atoms with E-state index < -0.39 is 0 Å². The highest BCUT2D eigenvalue weighted by atomic mass is 31.1. The van der Waals surface area contributed by atoms with Crippen LogP contribution in [0.2, 0.25) is 0 Å². The summed E-state index contributed by atoms with van der Waals surface area (Å²) in [6.45, 7) is 9.48. The zero-order valence-corrected chi connectivity index (χ0v) is 18.1. The second kappa shape index (κ2) is 11.1. The van der Waals surface area contributed by atoms with Gasteiger partial charge in [0.15, 0.2) is 0 Å². The van der Waals surface area contributed by atoms with Crippen LogP contribution in [0, 0.1) is 11.8 Å². The predicted molar refractivity (Wildman–Crippen MR) is 120 cm³/mol. The Balaban J connectivity index is 1.98. The Labute approximate surface area is 158 Å². The Hall–Kier alpha value is -0.700. The molecule has 0 aromatic heterocycles. The molecule has 0 heterocycles. The minimum absolute atomic E-state index is 0.00475. The van der Waals surface area contributed by atoms with E-state index in [2.05, 4.69) is 88.4 Å². The van der Waals surface area contributed by atoms with E-state index in [1.165, 1.54) is 31.1 Å². The number of benzene rings is 2. The molecule has 0 saturated carbocycles. The van der Waals surface area contributed by atoms with Crippen molar-refractivity contribution in [2.75, 3.05) is 24.6 Å². The second-order valence-electron chi connectivity index (χ2n) is 7.70. The van der Waals surface area contributed by atoms with Crippen LogP contribution in [0.15, 0.2) is 60.7 Å². The fourth-order valence-electron chi connectivity index (χ4n) is 3.26. The van der Waals surface area contributed by atoms with Crippen LogP contribution in [0.5, 0.6) is 0 Å². The zero-order chi connectivity index (χ0) is 18.1. The number of hydrogen-bond acceptors (Lipinski definition) is 0. The van der Waals surface area contributed by atoms with Crippen LogP contribution in [0.3, 0.4) is 0 Å². The van der Waals surface area contributed by atoms with Crippen LogP contribution in [0.25, 0.3) is 0 Å². The maximum absolute atomic E-state index is 2.37. The first-order chi connectivity index (χ1) is 12.1. The van der Waals surface area contributed by atoms with Crippen LogP contribution >= 0.6 is 15.8 Å². The van der Waals surface area contributed by atoms with Crippen molar-refractivity contribution in [2.24, 2.45) is 11.8 Å². The smallest absolute Gasteiger partial charge is 0.0240 e. The lowest BCUT2D eigenvalue weighted by atomic mass is 10.3. The SMILES string of the molecule is CC(C)CP(CCCP(CC(C)C)c1ccccc1)c1ccccc1. The van der Waals surface area contributed by atoms with Crippen molar-refractivity contribution in [1.82, 2.24) is 0 Å². The fraction of sp³-hybridized carbons (Fsp3) is 0.478. The molecule has 0 amide bonds. The summed E-state index contributed by atoms with van der Waals surface area (Å²) < 4.78 is 0. The van der Waals surface area contributed by atoms with E-state index in [1.807, 2.05) is 0 Å². The van der Waals surface area contributed by atoms with Gasteiger partial charge in [-0.25, -0.2) is 0 Å². The molecule has 0 spiro atoms. The Kier molecular flexibility index (Phi) is 9.16. The van der Waals surface area contributed by atoms with Crippen LogP contribution in [-0.4, -0.2) is 24.6 Å². The van der Waals surface area contributed by atoms with Crippen molar-refractivity contribution >= 4 is 26.5 Å². The first-order valence-electron chi connectivity index (χ1n) is 9.66. The van der Waals surface area contributed by atoms with Crippen molar-refractivity contribution in [3.63, 3.8) is 0 Å². The quantitative estimate of drug-likeness (QED) is 0.429. The summed E-state index contributed by atoms with van der Waals surface area (Å²) in [5, 5.41) is 3.19. The van der Waals surface area contributed by atoms with Gasteiger partial charge in [0.1, 0.15) is 0 Å². The highest BCUT2D eigenvalue weighted by Crippen LogP contribution is 2.42. The second-order valence-corrected chi connectivity index (χ2v) is 12.5. The molecule has 2 atom stereocenters. The lowest BCUT2D eigenvalue weighted by Crippen LogP contribution is -2.13. The zero-order valence-electron chi connectivity index (χ0n) is 16.4. The summed E-state index contributed by atoms with van der Waals surface area (Å²) in [7, 11) is -0.00949. The molecule has 0 aliphatic rings. The predicted octanol–water partition coefficient (Wildman–Crippen LogP) is 6.30. The number of rotatable bonds is 10. The molecule has 0 aliphatic heterocycles. The van der Waals surface area contributed by atoms with Crippen LogP contribution in [0.1, 0.15) is 34.1 Å². The molecule has 2 unspecified atom stereocenters. The summed E-state index contributed by atoms with van der Waals surface area (Å²) in [5.41, 5.74) is 0. The van der Waals surface area contributed by atoms with E-state index in [-0.39, 0.29) is 15.8 Å². The standard InChI is InChI=1S/C23H34P2/c1-20(2)18-24(22-12-7-5-8-13-22)16-11-17-25(19-21(3)4)23-14-9-6-10-15-23/h5-10,12-15,20-21H,11,16-19H2,1-4H3. The maximum atomic E-state index is 2.37. The van der Waals surface area contributed by atoms with E-state index in [1.54, 1.807) is 10.6 Å². The lowest BCUT2D eigenvalue weighted by molar-refractivity contribution is 0.743. The monoisotopic (exact) mass is 372 g/mol. The summed E-state index contributed by atoms with van der Waals surface area (Å²) in [5.74, 6) is 1.58. The molecule has 0 N–H and O–H groups in total. The molecule has 0 radical (unpaired) electrons. The van der Waals surface area contributed by atoms with Gasteiger partial charge in [0.25, 0.3) is 0 Å². The molecular weight excluding hydrogens is 338 g/mol. The molecule has 136 valence electrons. The first-order valence-corrected chi connectivity index (χ1v) is 13.1. The van der Waals surface area contributed by atoms with Crippen LogP contribution in [-0.2, 0) is 0 Å². The maximum Gasteiger partial charge on any atom is -0.0240 e.